The summed E-state index contributed by atoms with van der Waals surface area (Å²) in [6.07, 6.45) is 1.70. The monoisotopic (exact) mass is 255 g/mol. The van der Waals surface area contributed by atoms with Crippen molar-refractivity contribution in [2.45, 2.75) is 39.7 Å². The second-order valence-electron chi connectivity index (χ2n) is 4.42. The number of anilines is 1. The summed E-state index contributed by atoms with van der Waals surface area (Å²) in [6, 6.07) is 0. The summed E-state index contributed by atoms with van der Waals surface area (Å²) >= 11 is 0. The number of nitrogens with zero attached hydrogens (tertiary/aromatic N) is 3. The molecule has 6 heteroatoms. The Hall–Kier alpha value is -1.72. The summed E-state index contributed by atoms with van der Waals surface area (Å²) in [5.74, 6) is -1.53. The van der Waals surface area contributed by atoms with Crippen molar-refractivity contribution in [2.75, 3.05) is 11.4 Å². The number of likely N-dealkylation sites (N-methyl/N-ethyl adjacent to an activating group) is 1. The van der Waals surface area contributed by atoms with Gasteiger partial charge in [0.15, 0.2) is 11.6 Å². The van der Waals surface area contributed by atoms with Crippen molar-refractivity contribution in [3.8, 4) is 0 Å². The Bertz CT molecular complexity index is 449. The van der Waals surface area contributed by atoms with Crippen molar-refractivity contribution < 1.29 is 14.3 Å². The molecule has 1 rings (SSSR count). The number of hydrogen-bond acceptors (Lipinski definition) is 4. The van der Waals surface area contributed by atoms with Crippen LogP contribution in [0.2, 0.25) is 0 Å². The minimum atomic E-state index is -1.23. The third-order valence-corrected chi connectivity index (χ3v) is 2.95. The van der Waals surface area contributed by atoms with Gasteiger partial charge in [0.05, 0.1) is 5.69 Å². The third-order valence-electron chi connectivity index (χ3n) is 2.95. The van der Waals surface area contributed by atoms with Crippen LogP contribution < -0.4 is 4.90 Å². The van der Waals surface area contributed by atoms with Gasteiger partial charge in [-0.2, -0.15) is 0 Å². The second-order valence-corrected chi connectivity index (χ2v) is 4.42. The van der Waals surface area contributed by atoms with Gasteiger partial charge in [-0.15, -0.1) is 0 Å². The zero-order chi connectivity index (χ0) is 13.9. The van der Waals surface area contributed by atoms with Crippen molar-refractivity contribution in [1.29, 1.82) is 0 Å². The molecule has 18 heavy (non-hydrogen) atoms. The van der Waals surface area contributed by atoms with E-state index in [2.05, 4.69) is 9.97 Å². The van der Waals surface area contributed by atoms with Crippen LogP contribution in [0, 0.1) is 5.82 Å². The maximum Gasteiger partial charge on any atom is 0.329 e. The molecule has 0 aliphatic rings. The van der Waals surface area contributed by atoms with Crippen molar-refractivity contribution in [3.63, 3.8) is 0 Å². The molecule has 0 aliphatic carbocycles. The van der Waals surface area contributed by atoms with E-state index in [4.69, 9.17) is 0 Å². The lowest BCUT2D eigenvalue weighted by atomic mass is 10.0. The normalized spacial score (nSPS) is 11.4. The van der Waals surface area contributed by atoms with Crippen LogP contribution in [0.3, 0.4) is 0 Å². The van der Waals surface area contributed by atoms with Gasteiger partial charge in [-0.3, -0.25) is 0 Å². The highest BCUT2D eigenvalue weighted by Gasteiger charge is 2.36. The molecule has 0 bridgehead atoms. The number of halogens is 1. The summed E-state index contributed by atoms with van der Waals surface area (Å²) in [7, 11) is 0. The first-order valence-electron chi connectivity index (χ1n) is 5.86. The first kappa shape index (κ1) is 14.3. The van der Waals surface area contributed by atoms with Crippen LogP contribution in [0.4, 0.5) is 10.2 Å². The molecular weight excluding hydrogens is 237 g/mol. The van der Waals surface area contributed by atoms with Crippen LogP contribution in [0.15, 0.2) is 6.33 Å². The van der Waals surface area contributed by atoms with E-state index in [0.717, 1.165) is 0 Å². The molecule has 1 aromatic rings. The zero-order valence-corrected chi connectivity index (χ0v) is 11.1. The van der Waals surface area contributed by atoms with Gasteiger partial charge in [0, 0.05) is 6.54 Å². The Morgan fingerprint density at radius 3 is 2.50 bits per heavy atom. The highest BCUT2D eigenvalue weighted by Crippen LogP contribution is 2.25. The van der Waals surface area contributed by atoms with Crippen LogP contribution >= 0.6 is 0 Å². The van der Waals surface area contributed by atoms with E-state index < -0.39 is 17.3 Å². The Morgan fingerprint density at radius 1 is 1.44 bits per heavy atom. The molecule has 0 radical (unpaired) electrons. The predicted molar refractivity (Wildman–Crippen MR) is 66.1 cm³/mol. The third kappa shape index (κ3) is 2.42. The lowest BCUT2D eigenvalue weighted by molar-refractivity contribution is -0.142. The average Bonchev–Trinajstić information content (AvgIpc) is 2.31. The molecule has 1 N–H and O–H groups in total. The zero-order valence-electron chi connectivity index (χ0n) is 11.1. The van der Waals surface area contributed by atoms with Gasteiger partial charge in [-0.1, -0.05) is 6.92 Å². The Kier molecular flexibility index (Phi) is 4.21. The van der Waals surface area contributed by atoms with Crippen LogP contribution in [0.1, 0.15) is 33.4 Å². The first-order valence-corrected chi connectivity index (χ1v) is 5.86. The van der Waals surface area contributed by atoms with E-state index in [1.807, 2.05) is 0 Å². The number of carboxylic acids is 1. The SMILES string of the molecule is CCc1ncnc(N(CC)C(C)(C)C(=O)O)c1F. The van der Waals surface area contributed by atoms with Crippen molar-refractivity contribution >= 4 is 11.8 Å². The van der Waals surface area contributed by atoms with Gasteiger partial charge in [-0.25, -0.2) is 19.2 Å². The maximum atomic E-state index is 14.1. The number of hydrogen-bond donors (Lipinski definition) is 1. The van der Waals surface area contributed by atoms with Gasteiger partial charge in [-0.05, 0) is 27.2 Å². The Labute approximate surface area is 106 Å². The summed E-state index contributed by atoms with van der Waals surface area (Å²) in [5.41, 5.74) is -0.936. The van der Waals surface area contributed by atoms with Gasteiger partial charge >= 0.3 is 5.97 Å². The average molecular weight is 255 g/mol. The fraction of sp³-hybridized carbons (Fsp3) is 0.583. The van der Waals surface area contributed by atoms with Crippen LogP contribution in [-0.4, -0.2) is 33.1 Å². The summed E-state index contributed by atoms with van der Waals surface area (Å²) in [5, 5.41) is 9.21. The van der Waals surface area contributed by atoms with Crippen LogP contribution in [0.25, 0.3) is 0 Å². The minimum absolute atomic E-state index is 0.0387. The smallest absolute Gasteiger partial charge is 0.329 e. The largest absolute Gasteiger partial charge is 0.480 e. The van der Waals surface area contributed by atoms with E-state index in [0.29, 0.717) is 18.7 Å². The first-order chi connectivity index (χ1) is 8.36. The van der Waals surface area contributed by atoms with Crippen molar-refractivity contribution in [3.05, 3.63) is 17.8 Å². The molecule has 0 spiro atoms. The molecule has 100 valence electrons. The quantitative estimate of drug-likeness (QED) is 0.870. The van der Waals surface area contributed by atoms with Crippen molar-refractivity contribution in [2.24, 2.45) is 0 Å². The number of aromatic nitrogens is 2. The molecule has 1 heterocycles. The molecule has 0 saturated heterocycles. The fourth-order valence-corrected chi connectivity index (χ4v) is 1.76. The van der Waals surface area contributed by atoms with E-state index in [-0.39, 0.29) is 5.82 Å². The summed E-state index contributed by atoms with van der Waals surface area (Å²) < 4.78 is 14.1. The summed E-state index contributed by atoms with van der Waals surface area (Å²) in [4.78, 5) is 20.4. The number of carbonyl (C=O) groups is 1. The molecule has 0 aromatic carbocycles. The standard InChI is InChI=1S/C12H18FN3O2/c1-5-8-9(13)10(15-7-14-8)16(6-2)12(3,4)11(17)18/h7H,5-6H2,1-4H3,(H,17,18). The lowest BCUT2D eigenvalue weighted by Crippen LogP contribution is -2.51. The minimum Gasteiger partial charge on any atom is -0.480 e. The highest BCUT2D eigenvalue weighted by molar-refractivity contribution is 5.82. The van der Waals surface area contributed by atoms with E-state index in [9.17, 15) is 14.3 Å². The van der Waals surface area contributed by atoms with Gasteiger partial charge < -0.3 is 10.0 Å². The fourth-order valence-electron chi connectivity index (χ4n) is 1.76. The van der Waals surface area contributed by atoms with E-state index in [1.165, 1.54) is 25.1 Å². The highest BCUT2D eigenvalue weighted by atomic mass is 19.1. The number of carboxylic acid groups (broad SMARTS) is 1. The molecular formula is C12H18FN3O2. The number of aliphatic carboxylic acids is 1. The number of rotatable bonds is 5. The van der Waals surface area contributed by atoms with Gasteiger partial charge in [0.2, 0.25) is 0 Å². The molecule has 0 unspecified atom stereocenters. The topological polar surface area (TPSA) is 66.3 Å². The Balaban J connectivity index is 3.30. The van der Waals surface area contributed by atoms with Crippen molar-refractivity contribution in [1.82, 2.24) is 9.97 Å². The van der Waals surface area contributed by atoms with Gasteiger partial charge in [0.1, 0.15) is 11.9 Å². The predicted octanol–water partition coefficient (Wildman–Crippen LogP) is 1.87. The number of aryl methyl sites for hydroxylation is 1. The lowest BCUT2D eigenvalue weighted by Gasteiger charge is -2.35. The molecule has 0 aliphatic heterocycles. The van der Waals surface area contributed by atoms with Crippen LogP contribution in [-0.2, 0) is 11.2 Å². The molecule has 0 amide bonds. The van der Waals surface area contributed by atoms with Gasteiger partial charge in [0.25, 0.3) is 0 Å². The summed E-state index contributed by atoms with van der Waals surface area (Å²) in [6.45, 7) is 6.93. The molecule has 0 atom stereocenters. The molecule has 5 nitrogen and oxygen atoms in total. The maximum absolute atomic E-state index is 14.1. The van der Waals surface area contributed by atoms with Crippen LogP contribution in [0.5, 0.6) is 0 Å². The molecule has 0 fully saturated rings. The Morgan fingerprint density at radius 2 is 2.06 bits per heavy atom. The van der Waals surface area contributed by atoms with E-state index in [1.54, 1.807) is 13.8 Å². The molecule has 0 saturated carbocycles. The second kappa shape index (κ2) is 5.29. The van der Waals surface area contributed by atoms with E-state index >= 15 is 0 Å². The molecule has 1 aromatic heterocycles.